The summed E-state index contributed by atoms with van der Waals surface area (Å²) in [5, 5.41) is 5.89. The lowest BCUT2D eigenvalue weighted by Gasteiger charge is -2.16. The van der Waals surface area contributed by atoms with E-state index in [0.717, 1.165) is 30.6 Å². The highest BCUT2D eigenvalue weighted by molar-refractivity contribution is 7.17. The van der Waals surface area contributed by atoms with Crippen molar-refractivity contribution in [2.75, 3.05) is 10.6 Å². The zero-order valence-corrected chi connectivity index (χ0v) is 18.8. The molecule has 0 saturated carbocycles. The summed E-state index contributed by atoms with van der Waals surface area (Å²) in [6.45, 7) is 1.73. The zero-order chi connectivity index (χ0) is 22.5. The third-order valence-corrected chi connectivity index (χ3v) is 6.60. The topological polar surface area (TPSA) is 88.2 Å². The van der Waals surface area contributed by atoms with Gasteiger partial charge in [-0.15, -0.1) is 0 Å². The second kappa shape index (κ2) is 9.87. The van der Waals surface area contributed by atoms with Crippen molar-refractivity contribution in [3.05, 3.63) is 75.8 Å². The van der Waals surface area contributed by atoms with E-state index in [2.05, 4.69) is 15.6 Å². The van der Waals surface area contributed by atoms with Crippen LogP contribution in [0.1, 0.15) is 62.5 Å². The lowest BCUT2D eigenvalue weighted by atomic mass is 9.89. The van der Waals surface area contributed by atoms with Crippen molar-refractivity contribution in [3.8, 4) is 0 Å². The van der Waals surface area contributed by atoms with E-state index in [9.17, 15) is 14.4 Å². The van der Waals surface area contributed by atoms with Crippen LogP contribution in [0.25, 0.3) is 0 Å². The van der Waals surface area contributed by atoms with Crippen LogP contribution in [0, 0.1) is 6.92 Å². The van der Waals surface area contributed by atoms with E-state index >= 15 is 0 Å². The lowest BCUT2D eigenvalue weighted by Crippen LogP contribution is -2.14. The molecule has 0 atom stereocenters. The Balaban J connectivity index is 1.32. The number of para-hydroxylation sites is 1. The third kappa shape index (κ3) is 5.29. The molecule has 0 bridgehead atoms. The Morgan fingerprint density at radius 1 is 0.938 bits per heavy atom. The molecule has 0 unspecified atom stereocenters. The zero-order valence-electron chi connectivity index (χ0n) is 17.9. The molecule has 1 aromatic heterocycles. The maximum Gasteiger partial charge on any atom is 0.267 e. The number of fused-ring (bicyclic) bond motifs is 1. The molecule has 32 heavy (non-hydrogen) atoms. The highest BCUT2D eigenvalue weighted by Gasteiger charge is 2.18. The van der Waals surface area contributed by atoms with Crippen molar-refractivity contribution in [3.63, 3.8) is 0 Å². The molecule has 2 amide bonds. The van der Waals surface area contributed by atoms with E-state index in [1.165, 1.54) is 17.5 Å². The van der Waals surface area contributed by atoms with Gasteiger partial charge < -0.3 is 10.6 Å². The molecule has 0 saturated heterocycles. The molecule has 1 aliphatic carbocycles. The standard InChI is InChI=1S/C25H25N3O3S/c1-16-23(24(31)27-20-9-3-2-4-10-20)32-25(26-16)28-22(30)14-13-21(29)19-12-11-17-7-5-6-8-18(17)15-19/h2-4,9-12,15H,5-8,13-14H2,1H3,(H,27,31)(H,26,28,30). The number of carbonyl (C=O) groups excluding carboxylic acids is 3. The number of aromatic nitrogens is 1. The number of benzene rings is 2. The van der Waals surface area contributed by atoms with E-state index in [4.69, 9.17) is 0 Å². The molecule has 1 aliphatic rings. The Labute approximate surface area is 191 Å². The first-order chi connectivity index (χ1) is 15.5. The summed E-state index contributed by atoms with van der Waals surface area (Å²) in [4.78, 5) is 42.2. The first-order valence-electron chi connectivity index (χ1n) is 10.8. The summed E-state index contributed by atoms with van der Waals surface area (Å²) in [5.74, 6) is -0.596. The minimum atomic E-state index is -0.292. The molecule has 6 nitrogen and oxygen atoms in total. The Morgan fingerprint density at radius 3 is 2.47 bits per heavy atom. The molecule has 7 heteroatoms. The highest BCUT2D eigenvalue weighted by atomic mass is 32.1. The Hall–Kier alpha value is -3.32. The predicted molar refractivity (Wildman–Crippen MR) is 127 cm³/mol. The van der Waals surface area contributed by atoms with Gasteiger partial charge in [-0.3, -0.25) is 14.4 Å². The van der Waals surface area contributed by atoms with Gasteiger partial charge in [-0.2, -0.15) is 0 Å². The molecule has 2 N–H and O–H groups in total. The summed E-state index contributed by atoms with van der Waals surface area (Å²) < 4.78 is 0. The molecule has 164 valence electrons. The van der Waals surface area contributed by atoms with Crippen LogP contribution in [0.3, 0.4) is 0 Å². The molecular formula is C25H25N3O3S. The van der Waals surface area contributed by atoms with E-state index in [0.29, 0.717) is 27.0 Å². The summed E-state index contributed by atoms with van der Waals surface area (Å²) in [7, 11) is 0. The maximum atomic E-state index is 12.6. The van der Waals surface area contributed by atoms with Crippen molar-refractivity contribution in [1.82, 2.24) is 4.98 Å². The van der Waals surface area contributed by atoms with Crippen LogP contribution in [0.2, 0.25) is 0 Å². The van der Waals surface area contributed by atoms with Gasteiger partial charge >= 0.3 is 0 Å². The Kier molecular flexibility index (Phi) is 6.75. The van der Waals surface area contributed by atoms with Gasteiger partial charge in [0, 0.05) is 24.1 Å². The molecular weight excluding hydrogens is 422 g/mol. The van der Waals surface area contributed by atoms with Gasteiger partial charge in [-0.05, 0) is 61.9 Å². The number of aryl methyl sites for hydroxylation is 3. The smallest absolute Gasteiger partial charge is 0.267 e. The summed E-state index contributed by atoms with van der Waals surface area (Å²) in [5.41, 5.74) is 4.49. The number of nitrogens with one attached hydrogen (secondary N) is 2. The lowest BCUT2D eigenvalue weighted by molar-refractivity contribution is -0.116. The first kappa shape index (κ1) is 21.9. The van der Waals surface area contributed by atoms with Crippen LogP contribution in [0.15, 0.2) is 48.5 Å². The second-order valence-electron chi connectivity index (χ2n) is 7.92. The predicted octanol–water partition coefficient (Wildman–Crippen LogP) is 5.18. The average molecular weight is 448 g/mol. The molecule has 0 spiro atoms. The third-order valence-electron chi connectivity index (χ3n) is 5.53. The van der Waals surface area contributed by atoms with Crippen LogP contribution in [0.4, 0.5) is 10.8 Å². The van der Waals surface area contributed by atoms with Gasteiger partial charge in [0.05, 0.1) is 5.69 Å². The fraction of sp³-hybridized carbons (Fsp3) is 0.280. The summed E-state index contributed by atoms with van der Waals surface area (Å²) in [6.07, 6.45) is 4.65. The van der Waals surface area contributed by atoms with Gasteiger partial charge in [0.2, 0.25) is 5.91 Å². The normalized spacial score (nSPS) is 12.7. The number of anilines is 2. The number of ketones is 1. The van der Waals surface area contributed by atoms with E-state index < -0.39 is 0 Å². The van der Waals surface area contributed by atoms with E-state index in [1.807, 2.05) is 36.4 Å². The number of hydrogen-bond acceptors (Lipinski definition) is 5. The van der Waals surface area contributed by atoms with Crippen LogP contribution in [-0.4, -0.2) is 22.6 Å². The van der Waals surface area contributed by atoms with Gasteiger partial charge in [-0.1, -0.05) is 41.7 Å². The van der Waals surface area contributed by atoms with E-state index in [1.54, 1.807) is 19.1 Å². The second-order valence-corrected chi connectivity index (χ2v) is 8.91. The first-order valence-corrected chi connectivity index (χ1v) is 11.6. The largest absolute Gasteiger partial charge is 0.321 e. The SMILES string of the molecule is Cc1nc(NC(=O)CCC(=O)c2ccc3c(c2)CCCC3)sc1C(=O)Nc1ccccc1. The molecule has 2 aromatic carbocycles. The number of Topliss-reactive ketones (excluding diaryl/α,β-unsaturated/α-hetero) is 1. The fourth-order valence-electron chi connectivity index (χ4n) is 3.83. The average Bonchev–Trinajstić information content (AvgIpc) is 3.17. The minimum absolute atomic E-state index is 0.0354. The van der Waals surface area contributed by atoms with Gasteiger partial charge in [0.1, 0.15) is 4.88 Å². The molecule has 0 aliphatic heterocycles. The summed E-state index contributed by atoms with van der Waals surface area (Å²) >= 11 is 1.12. The number of nitrogens with zero attached hydrogens (tertiary/aromatic N) is 1. The monoisotopic (exact) mass is 447 g/mol. The quantitative estimate of drug-likeness (QED) is 0.488. The van der Waals surface area contributed by atoms with Crippen molar-refractivity contribution in [2.45, 2.75) is 45.4 Å². The number of carbonyl (C=O) groups is 3. The number of rotatable bonds is 7. The maximum absolute atomic E-state index is 12.6. The molecule has 1 heterocycles. The molecule has 3 aromatic rings. The van der Waals surface area contributed by atoms with Crippen molar-refractivity contribution < 1.29 is 14.4 Å². The van der Waals surface area contributed by atoms with Crippen molar-refractivity contribution >= 4 is 39.8 Å². The van der Waals surface area contributed by atoms with E-state index in [-0.39, 0.29) is 30.4 Å². The van der Waals surface area contributed by atoms with Crippen LogP contribution >= 0.6 is 11.3 Å². The Bertz CT molecular complexity index is 1150. The fourth-order valence-corrected chi connectivity index (χ4v) is 4.71. The van der Waals surface area contributed by atoms with Gasteiger partial charge in [-0.25, -0.2) is 4.98 Å². The minimum Gasteiger partial charge on any atom is -0.321 e. The van der Waals surface area contributed by atoms with Crippen molar-refractivity contribution in [1.29, 1.82) is 0 Å². The number of thiazole rings is 1. The molecule has 4 rings (SSSR count). The van der Waals surface area contributed by atoms with Crippen molar-refractivity contribution in [2.24, 2.45) is 0 Å². The summed E-state index contributed by atoms with van der Waals surface area (Å²) in [6, 6.07) is 15.0. The Morgan fingerprint density at radius 2 is 1.69 bits per heavy atom. The number of amides is 2. The highest BCUT2D eigenvalue weighted by Crippen LogP contribution is 2.25. The van der Waals surface area contributed by atoms with Gasteiger partial charge in [0.25, 0.3) is 5.91 Å². The van der Waals surface area contributed by atoms with Crippen LogP contribution in [0.5, 0.6) is 0 Å². The molecule has 0 fully saturated rings. The number of hydrogen-bond donors (Lipinski definition) is 2. The van der Waals surface area contributed by atoms with Crippen LogP contribution in [-0.2, 0) is 17.6 Å². The molecule has 0 radical (unpaired) electrons. The van der Waals surface area contributed by atoms with Gasteiger partial charge in [0.15, 0.2) is 10.9 Å². The van der Waals surface area contributed by atoms with Crippen LogP contribution < -0.4 is 10.6 Å².